The van der Waals surface area contributed by atoms with Crippen molar-refractivity contribution in [2.24, 2.45) is 5.41 Å². The van der Waals surface area contributed by atoms with Gasteiger partial charge in [-0.3, -0.25) is 0 Å². The Labute approximate surface area is 104 Å². The zero-order valence-electron chi connectivity index (χ0n) is 10.7. The molecule has 0 radical (unpaired) electrons. The molecule has 0 amide bonds. The van der Waals surface area contributed by atoms with Crippen molar-refractivity contribution in [3.63, 3.8) is 0 Å². The molecule has 0 saturated carbocycles. The second-order valence-electron chi connectivity index (χ2n) is 5.01. The zero-order chi connectivity index (χ0) is 12.2. The lowest BCUT2D eigenvalue weighted by molar-refractivity contribution is 0.240. The van der Waals surface area contributed by atoms with Crippen LogP contribution in [-0.2, 0) is 6.42 Å². The smallest absolute Gasteiger partial charge is 0.0406 e. The Balaban J connectivity index is 2.74. The van der Waals surface area contributed by atoms with Crippen molar-refractivity contribution >= 4 is 11.6 Å². The molecule has 0 aliphatic rings. The van der Waals surface area contributed by atoms with Crippen LogP contribution in [0.4, 0.5) is 0 Å². The first-order valence-electron chi connectivity index (χ1n) is 5.91. The second-order valence-corrected chi connectivity index (χ2v) is 5.45. The lowest BCUT2D eigenvalue weighted by atomic mass is 9.79. The van der Waals surface area contributed by atoms with Crippen LogP contribution in [0.3, 0.4) is 0 Å². The van der Waals surface area contributed by atoms with Gasteiger partial charge in [0.2, 0.25) is 0 Å². The molecule has 1 unspecified atom stereocenters. The maximum Gasteiger partial charge on any atom is 0.0406 e. The summed E-state index contributed by atoms with van der Waals surface area (Å²) in [6.07, 6.45) is 2.22. The van der Waals surface area contributed by atoms with E-state index in [9.17, 15) is 0 Å². The van der Waals surface area contributed by atoms with E-state index in [4.69, 9.17) is 11.6 Å². The standard InChI is InChI=1S/C14H22ClN/c1-5-14(2,3)13(16-4)10-11-6-8-12(15)9-7-11/h6-9,13,16H,5,10H2,1-4H3. The fourth-order valence-corrected chi connectivity index (χ4v) is 2.00. The monoisotopic (exact) mass is 239 g/mol. The van der Waals surface area contributed by atoms with Gasteiger partial charge in [0.05, 0.1) is 0 Å². The average Bonchev–Trinajstić information content (AvgIpc) is 2.28. The van der Waals surface area contributed by atoms with Gasteiger partial charge in [0, 0.05) is 11.1 Å². The summed E-state index contributed by atoms with van der Waals surface area (Å²) in [7, 11) is 2.04. The maximum absolute atomic E-state index is 5.88. The molecule has 0 fully saturated rings. The minimum absolute atomic E-state index is 0.314. The largest absolute Gasteiger partial charge is 0.316 e. The van der Waals surface area contributed by atoms with Crippen LogP contribution >= 0.6 is 11.6 Å². The fourth-order valence-electron chi connectivity index (χ4n) is 1.87. The SMILES string of the molecule is CCC(C)(C)C(Cc1ccc(Cl)cc1)NC. The molecule has 0 bridgehead atoms. The number of nitrogens with one attached hydrogen (secondary N) is 1. The lowest BCUT2D eigenvalue weighted by Crippen LogP contribution is -2.41. The first-order chi connectivity index (χ1) is 7.49. The predicted molar refractivity (Wildman–Crippen MR) is 72.1 cm³/mol. The average molecular weight is 240 g/mol. The quantitative estimate of drug-likeness (QED) is 0.822. The summed E-state index contributed by atoms with van der Waals surface area (Å²) in [5, 5.41) is 4.23. The van der Waals surface area contributed by atoms with Gasteiger partial charge in [0.1, 0.15) is 0 Å². The van der Waals surface area contributed by atoms with Crippen LogP contribution in [0, 0.1) is 5.41 Å². The van der Waals surface area contributed by atoms with E-state index in [2.05, 4.69) is 38.2 Å². The maximum atomic E-state index is 5.88. The Morgan fingerprint density at radius 2 is 1.81 bits per heavy atom. The Hall–Kier alpha value is -0.530. The van der Waals surface area contributed by atoms with Crippen LogP contribution in [0.2, 0.25) is 5.02 Å². The molecule has 0 saturated heterocycles. The molecule has 90 valence electrons. The first kappa shape index (κ1) is 13.5. The highest BCUT2D eigenvalue weighted by molar-refractivity contribution is 6.30. The van der Waals surface area contributed by atoms with E-state index in [0.29, 0.717) is 11.5 Å². The van der Waals surface area contributed by atoms with Crippen LogP contribution in [0.15, 0.2) is 24.3 Å². The van der Waals surface area contributed by atoms with Gasteiger partial charge in [-0.2, -0.15) is 0 Å². The lowest BCUT2D eigenvalue weighted by Gasteiger charge is -2.33. The first-order valence-corrected chi connectivity index (χ1v) is 6.29. The normalized spacial score (nSPS) is 13.8. The third-order valence-corrected chi connectivity index (χ3v) is 3.81. The molecule has 16 heavy (non-hydrogen) atoms. The van der Waals surface area contributed by atoms with E-state index in [1.807, 2.05) is 19.2 Å². The van der Waals surface area contributed by atoms with E-state index >= 15 is 0 Å². The van der Waals surface area contributed by atoms with Crippen molar-refractivity contribution in [1.29, 1.82) is 0 Å². The molecule has 1 nitrogen and oxygen atoms in total. The van der Waals surface area contributed by atoms with Gasteiger partial charge in [0.15, 0.2) is 0 Å². The summed E-state index contributed by atoms with van der Waals surface area (Å²) in [4.78, 5) is 0. The Morgan fingerprint density at radius 3 is 2.25 bits per heavy atom. The molecule has 1 atom stereocenters. The minimum Gasteiger partial charge on any atom is -0.316 e. The van der Waals surface area contributed by atoms with E-state index in [0.717, 1.165) is 11.4 Å². The van der Waals surface area contributed by atoms with Gasteiger partial charge < -0.3 is 5.32 Å². The highest BCUT2D eigenvalue weighted by Crippen LogP contribution is 2.27. The van der Waals surface area contributed by atoms with Gasteiger partial charge in [0.25, 0.3) is 0 Å². The highest BCUT2D eigenvalue weighted by atomic mass is 35.5. The summed E-state index contributed by atoms with van der Waals surface area (Å²) in [5.41, 5.74) is 1.65. The number of halogens is 1. The van der Waals surface area contributed by atoms with Crippen LogP contribution < -0.4 is 5.32 Å². The Bertz CT molecular complexity index is 316. The molecule has 2 heteroatoms. The number of hydrogen-bond donors (Lipinski definition) is 1. The Kier molecular flexibility index (Phi) is 4.82. The van der Waals surface area contributed by atoms with Crippen molar-refractivity contribution in [3.05, 3.63) is 34.9 Å². The van der Waals surface area contributed by atoms with E-state index in [-0.39, 0.29) is 0 Å². The topological polar surface area (TPSA) is 12.0 Å². The van der Waals surface area contributed by atoms with Gasteiger partial charge >= 0.3 is 0 Å². The van der Waals surface area contributed by atoms with E-state index in [1.54, 1.807) is 0 Å². The van der Waals surface area contributed by atoms with Crippen molar-refractivity contribution in [2.45, 2.75) is 39.7 Å². The molecule has 0 heterocycles. The molecule has 0 spiro atoms. The molecule has 0 aliphatic heterocycles. The summed E-state index contributed by atoms with van der Waals surface area (Å²) in [6, 6.07) is 8.64. The molecular weight excluding hydrogens is 218 g/mol. The second kappa shape index (κ2) is 5.70. The molecule has 1 rings (SSSR count). The summed E-state index contributed by atoms with van der Waals surface area (Å²) < 4.78 is 0. The minimum atomic E-state index is 0.314. The van der Waals surface area contributed by atoms with Crippen molar-refractivity contribution in [2.75, 3.05) is 7.05 Å². The van der Waals surface area contributed by atoms with Crippen molar-refractivity contribution < 1.29 is 0 Å². The molecular formula is C14H22ClN. The van der Waals surface area contributed by atoms with Crippen LogP contribution in [0.1, 0.15) is 32.8 Å². The molecule has 1 aromatic carbocycles. The van der Waals surface area contributed by atoms with Gasteiger partial charge in [-0.25, -0.2) is 0 Å². The highest BCUT2D eigenvalue weighted by Gasteiger charge is 2.26. The fraction of sp³-hybridized carbons (Fsp3) is 0.571. The van der Waals surface area contributed by atoms with Crippen LogP contribution in [0.25, 0.3) is 0 Å². The molecule has 1 N–H and O–H groups in total. The van der Waals surface area contributed by atoms with Gasteiger partial charge in [-0.15, -0.1) is 0 Å². The number of rotatable bonds is 5. The van der Waals surface area contributed by atoms with E-state index in [1.165, 1.54) is 12.0 Å². The molecule has 1 aromatic rings. The van der Waals surface area contributed by atoms with Gasteiger partial charge in [-0.05, 0) is 43.0 Å². The molecule has 0 aliphatic carbocycles. The van der Waals surface area contributed by atoms with Crippen LogP contribution in [0.5, 0.6) is 0 Å². The molecule has 0 aromatic heterocycles. The van der Waals surface area contributed by atoms with E-state index < -0.39 is 0 Å². The Morgan fingerprint density at radius 1 is 1.25 bits per heavy atom. The summed E-state index contributed by atoms with van der Waals surface area (Å²) in [6.45, 7) is 6.86. The third-order valence-electron chi connectivity index (χ3n) is 3.56. The number of hydrogen-bond acceptors (Lipinski definition) is 1. The van der Waals surface area contributed by atoms with Crippen LogP contribution in [-0.4, -0.2) is 13.1 Å². The zero-order valence-corrected chi connectivity index (χ0v) is 11.4. The number of benzene rings is 1. The third kappa shape index (κ3) is 3.50. The number of likely N-dealkylation sites (N-methyl/N-ethyl adjacent to an activating group) is 1. The predicted octanol–water partition coefficient (Wildman–Crippen LogP) is 3.91. The summed E-state index contributed by atoms with van der Waals surface area (Å²) in [5.74, 6) is 0. The van der Waals surface area contributed by atoms with Crippen molar-refractivity contribution in [3.8, 4) is 0 Å². The van der Waals surface area contributed by atoms with Crippen molar-refractivity contribution in [1.82, 2.24) is 5.32 Å². The van der Waals surface area contributed by atoms with Gasteiger partial charge in [-0.1, -0.05) is 44.5 Å². The summed E-state index contributed by atoms with van der Waals surface area (Å²) >= 11 is 5.88.